The van der Waals surface area contributed by atoms with Gasteiger partial charge in [-0.15, -0.1) is 0 Å². The predicted octanol–water partition coefficient (Wildman–Crippen LogP) is 15.4. The maximum atomic E-state index is 12.7. The van der Waals surface area contributed by atoms with E-state index in [1.807, 2.05) is 0 Å². The summed E-state index contributed by atoms with van der Waals surface area (Å²) in [7, 11) is 0. The first-order chi connectivity index (χ1) is 27.0. The maximum absolute atomic E-state index is 12.7. The van der Waals surface area contributed by atoms with Gasteiger partial charge >= 0.3 is 17.9 Å². The summed E-state index contributed by atoms with van der Waals surface area (Å²) in [5.41, 5.74) is 0. The van der Waals surface area contributed by atoms with Crippen molar-refractivity contribution in [3.63, 3.8) is 0 Å². The van der Waals surface area contributed by atoms with E-state index in [4.69, 9.17) is 14.2 Å². The van der Waals surface area contributed by atoms with Crippen LogP contribution in [0.3, 0.4) is 0 Å². The maximum Gasteiger partial charge on any atom is 0.306 e. The van der Waals surface area contributed by atoms with E-state index in [-0.39, 0.29) is 31.1 Å². The Bertz CT molecular complexity index is 854. The van der Waals surface area contributed by atoms with Gasteiger partial charge in [0.1, 0.15) is 13.2 Å². The lowest BCUT2D eigenvalue weighted by molar-refractivity contribution is -0.167. The summed E-state index contributed by atoms with van der Waals surface area (Å²) in [5.74, 6) is -0.868. The molecule has 0 saturated carbocycles. The molecule has 1 unspecified atom stereocenters. The lowest BCUT2D eigenvalue weighted by Crippen LogP contribution is -2.30. The fraction of sp³-hybridized carbons (Fsp3) is 0.898. The van der Waals surface area contributed by atoms with Gasteiger partial charge in [-0.3, -0.25) is 14.4 Å². The van der Waals surface area contributed by atoms with Crippen LogP contribution in [0.2, 0.25) is 0 Å². The van der Waals surface area contributed by atoms with E-state index in [0.717, 1.165) is 64.2 Å². The zero-order valence-corrected chi connectivity index (χ0v) is 37.0. The standard InChI is InChI=1S/C49H92O6/c1-4-7-10-13-16-19-22-23-24-25-26-28-30-33-36-39-42-48(51)54-45-46(44-53-47(50)41-38-35-32-29-21-18-15-12-9-6-3)55-49(52)43-40-37-34-31-27-20-17-14-11-8-5-2/h14,17,46H,4-13,15-16,18-45H2,1-3H3/b17-14-. The molecule has 0 bridgehead atoms. The highest BCUT2D eigenvalue weighted by atomic mass is 16.6. The second-order valence-electron chi connectivity index (χ2n) is 16.4. The molecule has 0 fully saturated rings. The molecule has 0 aromatic heterocycles. The van der Waals surface area contributed by atoms with Crippen molar-refractivity contribution in [1.82, 2.24) is 0 Å². The highest BCUT2D eigenvalue weighted by Crippen LogP contribution is 2.16. The molecular weight excluding hydrogens is 685 g/mol. The number of carbonyl (C=O) groups is 3. The molecule has 55 heavy (non-hydrogen) atoms. The van der Waals surface area contributed by atoms with Crippen molar-refractivity contribution in [3.8, 4) is 0 Å². The highest BCUT2D eigenvalue weighted by Gasteiger charge is 2.19. The Hall–Kier alpha value is -1.85. The van der Waals surface area contributed by atoms with E-state index in [0.29, 0.717) is 19.3 Å². The van der Waals surface area contributed by atoms with Crippen molar-refractivity contribution >= 4 is 17.9 Å². The van der Waals surface area contributed by atoms with Crippen LogP contribution in [0.4, 0.5) is 0 Å². The number of unbranched alkanes of at least 4 members (excludes halogenated alkanes) is 31. The van der Waals surface area contributed by atoms with Crippen LogP contribution < -0.4 is 0 Å². The summed E-state index contributed by atoms with van der Waals surface area (Å²) in [6.07, 6.45) is 47.6. The van der Waals surface area contributed by atoms with E-state index in [1.54, 1.807) is 0 Å². The van der Waals surface area contributed by atoms with Crippen LogP contribution in [0.1, 0.15) is 265 Å². The summed E-state index contributed by atoms with van der Waals surface area (Å²) >= 11 is 0. The van der Waals surface area contributed by atoms with Crippen LogP contribution in [0, 0.1) is 0 Å². The van der Waals surface area contributed by atoms with Gasteiger partial charge in [0, 0.05) is 19.3 Å². The molecule has 0 aromatic rings. The van der Waals surface area contributed by atoms with E-state index in [9.17, 15) is 14.4 Å². The van der Waals surface area contributed by atoms with Crippen molar-refractivity contribution in [3.05, 3.63) is 12.2 Å². The first kappa shape index (κ1) is 53.1. The molecule has 0 N–H and O–H groups in total. The number of allylic oxidation sites excluding steroid dienone is 2. The van der Waals surface area contributed by atoms with Gasteiger partial charge in [-0.2, -0.15) is 0 Å². The topological polar surface area (TPSA) is 78.9 Å². The largest absolute Gasteiger partial charge is 0.462 e. The quantitative estimate of drug-likeness (QED) is 0.0265. The van der Waals surface area contributed by atoms with Crippen LogP contribution in [-0.2, 0) is 28.6 Å². The fourth-order valence-corrected chi connectivity index (χ4v) is 7.07. The number of esters is 3. The van der Waals surface area contributed by atoms with Gasteiger partial charge in [0.2, 0.25) is 0 Å². The minimum absolute atomic E-state index is 0.0687. The molecule has 0 heterocycles. The molecule has 0 aromatic carbocycles. The van der Waals surface area contributed by atoms with Crippen LogP contribution in [0.15, 0.2) is 12.2 Å². The molecule has 0 aliphatic heterocycles. The molecule has 6 heteroatoms. The average Bonchev–Trinajstić information content (AvgIpc) is 3.18. The number of ether oxygens (including phenoxy) is 3. The Morgan fingerprint density at radius 1 is 0.345 bits per heavy atom. The Kier molecular flexibility index (Phi) is 43.4. The van der Waals surface area contributed by atoms with Gasteiger partial charge in [-0.05, 0) is 38.5 Å². The van der Waals surface area contributed by atoms with Gasteiger partial charge in [0.25, 0.3) is 0 Å². The number of carbonyl (C=O) groups excluding carboxylic acids is 3. The number of hydrogen-bond acceptors (Lipinski definition) is 6. The molecule has 0 saturated heterocycles. The minimum Gasteiger partial charge on any atom is -0.462 e. The molecule has 0 aliphatic rings. The second-order valence-corrected chi connectivity index (χ2v) is 16.4. The van der Waals surface area contributed by atoms with Crippen LogP contribution in [0.5, 0.6) is 0 Å². The lowest BCUT2D eigenvalue weighted by atomic mass is 10.0. The van der Waals surface area contributed by atoms with Crippen molar-refractivity contribution < 1.29 is 28.6 Å². The predicted molar refractivity (Wildman–Crippen MR) is 233 cm³/mol. The monoisotopic (exact) mass is 777 g/mol. The van der Waals surface area contributed by atoms with Gasteiger partial charge in [0.05, 0.1) is 0 Å². The van der Waals surface area contributed by atoms with Crippen LogP contribution in [-0.4, -0.2) is 37.2 Å². The summed E-state index contributed by atoms with van der Waals surface area (Å²) < 4.78 is 16.7. The normalized spacial score (nSPS) is 12.0. The third-order valence-corrected chi connectivity index (χ3v) is 10.8. The lowest BCUT2D eigenvalue weighted by Gasteiger charge is -2.18. The van der Waals surface area contributed by atoms with Crippen molar-refractivity contribution in [2.75, 3.05) is 13.2 Å². The third-order valence-electron chi connectivity index (χ3n) is 10.8. The van der Waals surface area contributed by atoms with E-state index in [1.165, 1.54) is 161 Å². The molecule has 0 spiro atoms. The molecule has 6 nitrogen and oxygen atoms in total. The SMILES string of the molecule is CCCC/C=C\CCCCCCCC(=O)OC(COC(=O)CCCCCCCCCCCC)COC(=O)CCCCCCCCCCCCCCCCCC. The Morgan fingerprint density at radius 2 is 0.618 bits per heavy atom. The van der Waals surface area contributed by atoms with Crippen molar-refractivity contribution in [2.24, 2.45) is 0 Å². The summed E-state index contributed by atoms with van der Waals surface area (Å²) in [4.78, 5) is 37.7. The summed E-state index contributed by atoms with van der Waals surface area (Å²) in [6, 6.07) is 0. The van der Waals surface area contributed by atoms with Gasteiger partial charge in [-0.1, -0.05) is 219 Å². The van der Waals surface area contributed by atoms with Gasteiger partial charge < -0.3 is 14.2 Å². The third kappa shape index (κ3) is 43.1. The first-order valence-corrected chi connectivity index (χ1v) is 24.2. The minimum atomic E-state index is -0.765. The van der Waals surface area contributed by atoms with Crippen LogP contribution in [0.25, 0.3) is 0 Å². The Labute approximate surface area is 341 Å². The first-order valence-electron chi connectivity index (χ1n) is 24.2. The number of hydrogen-bond donors (Lipinski definition) is 0. The second kappa shape index (κ2) is 44.9. The van der Waals surface area contributed by atoms with E-state index in [2.05, 4.69) is 32.9 Å². The van der Waals surface area contributed by atoms with Crippen molar-refractivity contribution in [1.29, 1.82) is 0 Å². The van der Waals surface area contributed by atoms with E-state index < -0.39 is 6.10 Å². The number of rotatable bonds is 44. The average molecular weight is 777 g/mol. The van der Waals surface area contributed by atoms with Crippen LogP contribution >= 0.6 is 0 Å². The molecule has 0 rings (SSSR count). The van der Waals surface area contributed by atoms with Gasteiger partial charge in [-0.25, -0.2) is 0 Å². The van der Waals surface area contributed by atoms with Crippen molar-refractivity contribution in [2.45, 2.75) is 271 Å². The zero-order valence-electron chi connectivity index (χ0n) is 37.0. The summed E-state index contributed by atoms with van der Waals surface area (Å²) in [5, 5.41) is 0. The highest BCUT2D eigenvalue weighted by molar-refractivity contribution is 5.71. The molecule has 0 radical (unpaired) electrons. The molecule has 1 atom stereocenters. The molecular formula is C49H92O6. The Balaban J connectivity index is 4.29. The smallest absolute Gasteiger partial charge is 0.306 e. The van der Waals surface area contributed by atoms with E-state index >= 15 is 0 Å². The molecule has 0 aliphatic carbocycles. The fourth-order valence-electron chi connectivity index (χ4n) is 7.07. The van der Waals surface area contributed by atoms with Gasteiger partial charge in [0.15, 0.2) is 6.10 Å². The molecule has 324 valence electrons. The zero-order chi connectivity index (χ0) is 40.1. The Morgan fingerprint density at radius 3 is 0.964 bits per heavy atom. The summed E-state index contributed by atoms with van der Waals surface area (Å²) in [6.45, 7) is 6.60. The molecule has 0 amide bonds.